The van der Waals surface area contributed by atoms with E-state index in [1.54, 1.807) is 0 Å². The Morgan fingerprint density at radius 2 is 2.11 bits per heavy atom. The molecule has 1 aliphatic heterocycles. The van der Waals surface area contributed by atoms with E-state index in [1.807, 2.05) is 42.7 Å². The van der Waals surface area contributed by atoms with Crippen LogP contribution in [0.25, 0.3) is 16.6 Å². The third kappa shape index (κ3) is 1.22. The lowest BCUT2D eigenvalue weighted by Crippen LogP contribution is -2.17. The highest BCUT2D eigenvalue weighted by Gasteiger charge is 2.23. The lowest BCUT2D eigenvalue weighted by atomic mass is 10.1. The summed E-state index contributed by atoms with van der Waals surface area (Å²) in [5.74, 6) is 0. The van der Waals surface area contributed by atoms with Gasteiger partial charge in [0.1, 0.15) is 5.50 Å². The maximum atomic E-state index is 6.32. The Morgan fingerprint density at radius 1 is 1.17 bits per heavy atom. The molecule has 4 rings (SSSR count). The van der Waals surface area contributed by atoms with E-state index in [9.17, 15) is 0 Å². The average molecular weight is 256 g/mol. The summed E-state index contributed by atoms with van der Waals surface area (Å²) in [5, 5.41) is 4.44. The molecule has 3 nitrogen and oxygen atoms in total. The molecule has 88 valence electrons. The van der Waals surface area contributed by atoms with Crippen LogP contribution in [0.15, 0.2) is 48.8 Å². The average Bonchev–Trinajstić information content (AvgIpc) is 2.88. The van der Waals surface area contributed by atoms with Gasteiger partial charge in [0, 0.05) is 17.8 Å². The smallest absolute Gasteiger partial charge is 0.143 e. The first kappa shape index (κ1) is 9.97. The summed E-state index contributed by atoms with van der Waals surface area (Å²) in [6.07, 6.45) is 3.85. The number of hydrogen-bond donors (Lipinski definition) is 1. The molecular weight excluding hydrogens is 246 g/mol. The van der Waals surface area contributed by atoms with E-state index >= 15 is 0 Å². The van der Waals surface area contributed by atoms with Crippen molar-refractivity contribution in [2.75, 3.05) is 5.32 Å². The highest BCUT2D eigenvalue weighted by molar-refractivity contribution is 6.22. The summed E-state index contributed by atoms with van der Waals surface area (Å²) < 4.78 is 2.13. The zero-order chi connectivity index (χ0) is 12.1. The minimum atomic E-state index is -0.193. The summed E-state index contributed by atoms with van der Waals surface area (Å²) in [5.41, 5.74) is 4.02. The Labute approximate surface area is 109 Å². The minimum absolute atomic E-state index is 0.193. The fourth-order valence-electron chi connectivity index (χ4n) is 2.53. The van der Waals surface area contributed by atoms with Crippen molar-refractivity contribution in [2.45, 2.75) is 5.50 Å². The lowest BCUT2D eigenvalue weighted by Gasteiger charge is -2.26. The lowest BCUT2D eigenvalue weighted by molar-refractivity contribution is 0.892. The van der Waals surface area contributed by atoms with Crippen molar-refractivity contribution >= 4 is 28.2 Å². The molecule has 1 unspecified atom stereocenters. The zero-order valence-electron chi connectivity index (χ0n) is 9.47. The van der Waals surface area contributed by atoms with E-state index in [4.69, 9.17) is 11.6 Å². The maximum Gasteiger partial charge on any atom is 0.143 e. The van der Waals surface area contributed by atoms with Crippen LogP contribution in [0.5, 0.6) is 0 Å². The summed E-state index contributed by atoms with van der Waals surface area (Å²) in [6.45, 7) is 0. The summed E-state index contributed by atoms with van der Waals surface area (Å²) in [4.78, 5) is 4.39. The van der Waals surface area contributed by atoms with Crippen LogP contribution in [0.2, 0.25) is 0 Å². The molecule has 3 heterocycles. The quantitative estimate of drug-likeness (QED) is 0.490. The number of pyridine rings is 1. The number of halogens is 1. The molecule has 0 bridgehead atoms. The fraction of sp³-hybridized carbons (Fsp3) is 0.0714. The van der Waals surface area contributed by atoms with Crippen molar-refractivity contribution in [2.24, 2.45) is 0 Å². The minimum Gasteiger partial charge on any atom is -0.363 e. The first-order valence-corrected chi connectivity index (χ1v) is 6.24. The van der Waals surface area contributed by atoms with Crippen LogP contribution in [-0.4, -0.2) is 9.55 Å². The Kier molecular flexibility index (Phi) is 1.94. The van der Waals surface area contributed by atoms with Crippen molar-refractivity contribution in [1.29, 1.82) is 0 Å². The van der Waals surface area contributed by atoms with E-state index < -0.39 is 0 Å². The van der Waals surface area contributed by atoms with Gasteiger partial charge in [-0.2, -0.15) is 0 Å². The highest BCUT2D eigenvalue weighted by Crippen LogP contribution is 2.38. The number of nitrogens with zero attached hydrogens (tertiary/aromatic N) is 2. The molecule has 0 amide bonds. The predicted octanol–water partition coefficient (Wildman–Crippen LogP) is 3.69. The standard InChI is InChI=1S/C14H10ClN3/c15-14-12-4-2-8-18(12)13-9-3-1-7-16-10(9)5-6-11(13)17-14/h1-8,14,17H. The third-order valence-electron chi connectivity index (χ3n) is 3.32. The number of hydrogen-bond acceptors (Lipinski definition) is 2. The normalized spacial score (nSPS) is 17.1. The Bertz CT molecular complexity index is 748. The van der Waals surface area contributed by atoms with Crippen LogP contribution < -0.4 is 5.32 Å². The summed E-state index contributed by atoms with van der Waals surface area (Å²) in [6, 6.07) is 12.1. The number of alkyl halides is 1. The second-order valence-corrected chi connectivity index (χ2v) is 4.78. The largest absolute Gasteiger partial charge is 0.363 e. The van der Waals surface area contributed by atoms with Crippen LogP contribution >= 0.6 is 11.6 Å². The fourth-order valence-corrected chi connectivity index (χ4v) is 2.82. The van der Waals surface area contributed by atoms with Crippen LogP contribution in [0.3, 0.4) is 0 Å². The van der Waals surface area contributed by atoms with Crippen molar-refractivity contribution < 1.29 is 0 Å². The second-order valence-electron chi connectivity index (χ2n) is 4.34. The Morgan fingerprint density at radius 3 is 3.06 bits per heavy atom. The van der Waals surface area contributed by atoms with Gasteiger partial charge < -0.3 is 9.88 Å². The van der Waals surface area contributed by atoms with E-state index in [0.717, 1.165) is 28.0 Å². The van der Waals surface area contributed by atoms with Crippen LogP contribution in [0.1, 0.15) is 11.2 Å². The molecule has 0 saturated heterocycles. The first-order chi connectivity index (χ1) is 8.84. The number of anilines is 1. The van der Waals surface area contributed by atoms with E-state index in [2.05, 4.69) is 20.9 Å². The van der Waals surface area contributed by atoms with Gasteiger partial charge in [-0.15, -0.1) is 0 Å². The molecule has 2 aromatic heterocycles. The first-order valence-electron chi connectivity index (χ1n) is 5.80. The third-order valence-corrected chi connectivity index (χ3v) is 3.65. The van der Waals surface area contributed by atoms with Gasteiger partial charge in [0.25, 0.3) is 0 Å². The zero-order valence-corrected chi connectivity index (χ0v) is 10.2. The number of benzene rings is 1. The van der Waals surface area contributed by atoms with Gasteiger partial charge in [-0.25, -0.2) is 0 Å². The van der Waals surface area contributed by atoms with E-state index in [-0.39, 0.29) is 5.50 Å². The molecule has 0 saturated carbocycles. The van der Waals surface area contributed by atoms with Gasteiger partial charge in [-0.3, -0.25) is 4.98 Å². The molecule has 1 aliphatic rings. The molecule has 0 fully saturated rings. The maximum absolute atomic E-state index is 6.32. The summed E-state index contributed by atoms with van der Waals surface area (Å²) >= 11 is 6.32. The van der Waals surface area contributed by atoms with Gasteiger partial charge in [-0.05, 0) is 36.4 Å². The molecule has 0 radical (unpaired) electrons. The van der Waals surface area contributed by atoms with Crippen molar-refractivity contribution in [3.8, 4) is 5.69 Å². The number of fused-ring (bicyclic) bond motifs is 5. The van der Waals surface area contributed by atoms with Gasteiger partial charge in [0.2, 0.25) is 0 Å². The van der Waals surface area contributed by atoms with Crippen molar-refractivity contribution in [1.82, 2.24) is 9.55 Å². The molecular formula is C14H10ClN3. The Balaban J connectivity index is 2.14. The van der Waals surface area contributed by atoms with Crippen molar-refractivity contribution in [3.05, 3.63) is 54.5 Å². The SMILES string of the molecule is ClC1Nc2ccc3ncccc3c2-n2cccc21. The van der Waals surface area contributed by atoms with Gasteiger partial charge >= 0.3 is 0 Å². The molecule has 1 N–H and O–H groups in total. The summed E-state index contributed by atoms with van der Waals surface area (Å²) in [7, 11) is 0. The predicted molar refractivity (Wildman–Crippen MR) is 73.3 cm³/mol. The molecule has 18 heavy (non-hydrogen) atoms. The monoisotopic (exact) mass is 255 g/mol. The van der Waals surface area contributed by atoms with Crippen LogP contribution in [-0.2, 0) is 0 Å². The topological polar surface area (TPSA) is 29.9 Å². The van der Waals surface area contributed by atoms with Gasteiger partial charge in [0.05, 0.1) is 22.6 Å². The number of aromatic nitrogens is 2. The van der Waals surface area contributed by atoms with E-state index in [0.29, 0.717) is 0 Å². The van der Waals surface area contributed by atoms with Crippen LogP contribution in [0, 0.1) is 0 Å². The number of rotatable bonds is 0. The number of nitrogens with one attached hydrogen (secondary N) is 1. The van der Waals surface area contributed by atoms with Crippen LogP contribution in [0.4, 0.5) is 5.69 Å². The molecule has 0 spiro atoms. The Hall–Kier alpha value is -2.00. The van der Waals surface area contributed by atoms with Gasteiger partial charge in [-0.1, -0.05) is 11.6 Å². The molecule has 0 aliphatic carbocycles. The second kappa shape index (κ2) is 3.50. The molecule has 4 heteroatoms. The molecule has 1 aromatic carbocycles. The molecule has 3 aromatic rings. The molecule has 1 atom stereocenters. The van der Waals surface area contributed by atoms with Crippen molar-refractivity contribution in [3.63, 3.8) is 0 Å². The van der Waals surface area contributed by atoms with Gasteiger partial charge in [0.15, 0.2) is 0 Å². The highest BCUT2D eigenvalue weighted by atomic mass is 35.5. The van der Waals surface area contributed by atoms with E-state index in [1.165, 1.54) is 0 Å².